The van der Waals surface area contributed by atoms with Crippen molar-refractivity contribution >= 4 is 31.3 Å². The van der Waals surface area contributed by atoms with Crippen LogP contribution in [0.4, 0.5) is 5.95 Å². The Morgan fingerprint density at radius 1 is 1.42 bits per heavy atom. The lowest BCUT2D eigenvalue weighted by atomic mass is 10.0. The van der Waals surface area contributed by atoms with E-state index >= 15 is 0 Å². The number of ether oxygens (including phenoxy) is 1. The smallest absolute Gasteiger partial charge is 0.280 e. The molecule has 3 heterocycles. The number of hydrogen-bond acceptors (Lipinski definition) is 7. The van der Waals surface area contributed by atoms with E-state index in [1.165, 1.54) is 13.3 Å². The Labute approximate surface area is 185 Å². The first-order chi connectivity index (χ1) is 15.0. The number of aromatic amines is 1. The SMILES string of the molecule is [2H]C[C@H]1O[C@@H](n2cnc3c(=O)[nH]c(NC(C)=O)nc32)[C@@H](C)C1OP(C)N(C(C)C)C(C)C. The molecule has 172 valence electrons. The highest BCUT2D eigenvalue weighted by Crippen LogP contribution is 2.48. The summed E-state index contributed by atoms with van der Waals surface area (Å²) in [7, 11) is -0.897. The standard InChI is InChI=1S/C20H33N6O4P/c1-10(2)26(11(3)4)31(8)30-16-12(5)19(29-13(16)6)25-9-21-15-17(25)23-20(22-14(7)27)24-18(15)28/h9-13,16,19H,1-8H3,(H2,22,23,24,27,28)/t12-,13+,16?,19+,31?/m0/s1/i6D. The average Bonchev–Trinajstić information content (AvgIpc) is 3.22. The van der Waals surface area contributed by atoms with Gasteiger partial charge in [-0.05, 0) is 41.3 Å². The molecule has 2 unspecified atom stereocenters. The summed E-state index contributed by atoms with van der Waals surface area (Å²) in [6, 6.07) is 0.657. The lowest BCUT2D eigenvalue weighted by Gasteiger charge is -2.37. The Kier molecular flexibility index (Phi) is 6.71. The molecule has 10 nitrogen and oxygen atoms in total. The summed E-state index contributed by atoms with van der Waals surface area (Å²) in [5, 5.41) is 2.50. The van der Waals surface area contributed by atoms with Gasteiger partial charge in [0.2, 0.25) is 11.9 Å². The number of amides is 1. The van der Waals surface area contributed by atoms with Crippen molar-refractivity contribution in [2.75, 3.05) is 12.0 Å². The number of aromatic nitrogens is 4. The van der Waals surface area contributed by atoms with E-state index in [0.29, 0.717) is 17.7 Å². The highest BCUT2D eigenvalue weighted by molar-refractivity contribution is 7.49. The summed E-state index contributed by atoms with van der Waals surface area (Å²) in [6.45, 7) is 14.1. The molecule has 1 aliphatic heterocycles. The largest absolute Gasteiger partial charge is 0.352 e. The van der Waals surface area contributed by atoms with Gasteiger partial charge in [-0.3, -0.25) is 29.1 Å². The van der Waals surface area contributed by atoms with Crippen LogP contribution in [-0.2, 0) is 14.1 Å². The van der Waals surface area contributed by atoms with E-state index in [1.807, 2.05) is 6.92 Å². The number of H-pyrrole nitrogens is 1. The Morgan fingerprint density at radius 3 is 2.68 bits per heavy atom. The molecule has 2 N–H and O–H groups in total. The molecule has 0 radical (unpaired) electrons. The minimum Gasteiger partial charge on any atom is -0.352 e. The quantitative estimate of drug-likeness (QED) is 0.619. The molecule has 0 saturated carbocycles. The van der Waals surface area contributed by atoms with E-state index in [2.05, 4.69) is 59.3 Å². The summed E-state index contributed by atoms with van der Waals surface area (Å²) in [5.74, 6) is -0.407. The minimum atomic E-state index is -0.897. The molecule has 0 bridgehead atoms. The summed E-state index contributed by atoms with van der Waals surface area (Å²) in [6.07, 6.45) is 0.297. The molecule has 31 heavy (non-hydrogen) atoms. The maximum absolute atomic E-state index is 12.4. The molecule has 3 rings (SSSR count). The maximum Gasteiger partial charge on any atom is 0.280 e. The normalized spacial score (nSPS) is 25.5. The van der Waals surface area contributed by atoms with Crippen molar-refractivity contribution in [3.8, 4) is 0 Å². The number of rotatable bonds is 7. The average molecular weight is 454 g/mol. The molecule has 0 aliphatic carbocycles. The van der Waals surface area contributed by atoms with Crippen molar-refractivity contribution in [2.45, 2.75) is 79.0 Å². The first-order valence-electron chi connectivity index (χ1n) is 11.1. The minimum absolute atomic E-state index is 0.0498. The Morgan fingerprint density at radius 2 is 2.10 bits per heavy atom. The van der Waals surface area contributed by atoms with Gasteiger partial charge in [0.15, 0.2) is 11.2 Å². The lowest BCUT2D eigenvalue weighted by molar-refractivity contribution is -0.114. The van der Waals surface area contributed by atoms with Gasteiger partial charge in [0.1, 0.15) is 14.5 Å². The molecule has 5 atom stereocenters. The van der Waals surface area contributed by atoms with Crippen LogP contribution in [0.5, 0.6) is 0 Å². The van der Waals surface area contributed by atoms with E-state index in [4.69, 9.17) is 10.6 Å². The van der Waals surface area contributed by atoms with Crippen LogP contribution in [0.3, 0.4) is 0 Å². The van der Waals surface area contributed by atoms with Crippen LogP contribution in [0.25, 0.3) is 11.2 Å². The molecule has 1 saturated heterocycles. The Bertz CT molecular complexity index is 1000. The zero-order chi connectivity index (χ0) is 23.7. The second kappa shape index (κ2) is 9.32. The van der Waals surface area contributed by atoms with Crippen molar-refractivity contribution in [3.05, 3.63) is 16.7 Å². The summed E-state index contributed by atoms with van der Waals surface area (Å²) in [4.78, 5) is 34.9. The fourth-order valence-corrected chi connectivity index (χ4v) is 6.27. The number of nitrogens with one attached hydrogen (secondary N) is 2. The molecule has 1 amide bonds. The van der Waals surface area contributed by atoms with Gasteiger partial charge < -0.3 is 9.26 Å². The second-order valence-electron chi connectivity index (χ2n) is 8.45. The van der Waals surface area contributed by atoms with Crippen LogP contribution < -0.4 is 10.9 Å². The van der Waals surface area contributed by atoms with E-state index in [1.54, 1.807) is 4.57 Å². The van der Waals surface area contributed by atoms with Crippen molar-refractivity contribution in [2.24, 2.45) is 5.92 Å². The second-order valence-corrected chi connectivity index (χ2v) is 10.0. The van der Waals surface area contributed by atoms with Gasteiger partial charge in [0.25, 0.3) is 5.56 Å². The van der Waals surface area contributed by atoms with Gasteiger partial charge in [0, 0.05) is 26.3 Å². The van der Waals surface area contributed by atoms with Crippen LogP contribution in [-0.4, -0.2) is 61.1 Å². The van der Waals surface area contributed by atoms with Crippen LogP contribution in [0.2, 0.25) is 0 Å². The van der Waals surface area contributed by atoms with Crippen LogP contribution in [0.15, 0.2) is 11.1 Å². The molecule has 11 heteroatoms. The molecule has 1 aliphatic rings. The number of anilines is 1. The number of imidazole rings is 1. The van der Waals surface area contributed by atoms with Crippen molar-refractivity contribution in [1.29, 1.82) is 0 Å². The fraction of sp³-hybridized carbons (Fsp3) is 0.700. The molecular weight excluding hydrogens is 419 g/mol. The van der Waals surface area contributed by atoms with E-state index in [-0.39, 0.29) is 36.3 Å². The predicted octanol–water partition coefficient (Wildman–Crippen LogP) is 3.08. The van der Waals surface area contributed by atoms with Gasteiger partial charge in [-0.2, -0.15) is 4.98 Å². The third-order valence-electron chi connectivity index (χ3n) is 5.31. The van der Waals surface area contributed by atoms with Crippen LogP contribution in [0, 0.1) is 5.92 Å². The number of carbonyl (C=O) groups is 1. The molecule has 0 aromatic carbocycles. The molecule has 2 aromatic heterocycles. The summed E-state index contributed by atoms with van der Waals surface area (Å²) < 4.78 is 24.8. The van der Waals surface area contributed by atoms with Crippen LogP contribution >= 0.6 is 8.30 Å². The van der Waals surface area contributed by atoms with Crippen molar-refractivity contribution in [3.63, 3.8) is 0 Å². The van der Waals surface area contributed by atoms with Gasteiger partial charge in [-0.25, -0.2) is 4.98 Å². The number of fused-ring (bicyclic) bond motifs is 1. The van der Waals surface area contributed by atoms with Gasteiger partial charge >= 0.3 is 0 Å². The first kappa shape index (κ1) is 22.3. The maximum atomic E-state index is 12.4. The van der Waals surface area contributed by atoms with Gasteiger partial charge in [-0.15, -0.1) is 0 Å². The summed E-state index contributed by atoms with van der Waals surface area (Å²) in [5.41, 5.74) is 0.0169. The summed E-state index contributed by atoms with van der Waals surface area (Å²) >= 11 is 0. The highest BCUT2D eigenvalue weighted by atomic mass is 31.2. The van der Waals surface area contributed by atoms with E-state index < -0.39 is 26.2 Å². The molecule has 2 aromatic rings. The Balaban J connectivity index is 1.91. The third kappa shape index (κ3) is 4.82. The molecule has 0 spiro atoms. The number of carbonyl (C=O) groups excluding carboxylic acids is 1. The number of hydrogen-bond donors (Lipinski definition) is 2. The zero-order valence-corrected chi connectivity index (χ0v) is 20.0. The Hall–Kier alpha value is -1.87. The zero-order valence-electron chi connectivity index (χ0n) is 20.1. The third-order valence-corrected chi connectivity index (χ3v) is 7.43. The van der Waals surface area contributed by atoms with E-state index in [0.717, 1.165) is 0 Å². The van der Waals surface area contributed by atoms with E-state index in [9.17, 15) is 9.59 Å². The lowest BCUT2D eigenvalue weighted by Crippen LogP contribution is -2.35. The van der Waals surface area contributed by atoms with Gasteiger partial charge in [-0.1, -0.05) is 6.92 Å². The number of nitrogens with zero attached hydrogens (tertiary/aromatic N) is 4. The van der Waals surface area contributed by atoms with Crippen LogP contribution in [0.1, 0.15) is 56.0 Å². The van der Waals surface area contributed by atoms with Crippen molar-refractivity contribution in [1.82, 2.24) is 24.2 Å². The molecule has 1 fully saturated rings. The van der Waals surface area contributed by atoms with Crippen molar-refractivity contribution < 1.29 is 15.4 Å². The highest BCUT2D eigenvalue weighted by Gasteiger charge is 2.43. The fourth-order valence-electron chi connectivity index (χ4n) is 4.18. The predicted molar refractivity (Wildman–Crippen MR) is 121 cm³/mol. The first-order valence-corrected chi connectivity index (χ1v) is 12.1. The van der Waals surface area contributed by atoms with Gasteiger partial charge in [0.05, 0.1) is 18.5 Å². The monoisotopic (exact) mass is 453 g/mol. The molecular formula is C20H33N6O4P. The topological polar surface area (TPSA) is 114 Å².